The van der Waals surface area contributed by atoms with Crippen LogP contribution >= 0.6 is 8.58 Å². The van der Waals surface area contributed by atoms with Crippen LogP contribution in [0.4, 0.5) is 0 Å². The number of hydrogen-bond acceptors (Lipinski definition) is 0. The molecule has 0 aromatic carbocycles. The van der Waals surface area contributed by atoms with Crippen molar-refractivity contribution in [1.82, 2.24) is 0 Å². The molecule has 1 atom stereocenters. The average molecular weight is 258 g/mol. The Balaban J connectivity index is 2.99. The van der Waals surface area contributed by atoms with Gasteiger partial charge in [0, 0.05) is 0 Å². The molecule has 17 heavy (non-hydrogen) atoms. The van der Waals surface area contributed by atoms with Crippen LogP contribution in [0.25, 0.3) is 0 Å². The molecule has 0 aromatic heterocycles. The van der Waals surface area contributed by atoms with E-state index in [0.717, 1.165) is 8.58 Å². The van der Waals surface area contributed by atoms with Gasteiger partial charge in [0.1, 0.15) is 0 Å². The third-order valence-electron chi connectivity index (χ3n) is 3.19. The minimum Gasteiger partial charge on any atom is -0.117 e. The van der Waals surface area contributed by atoms with Gasteiger partial charge in [0.2, 0.25) is 0 Å². The first-order chi connectivity index (χ1) is 8.06. The fourth-order valence-corrected chi connectivity index (χ4v) is 3.25. The summed E-state index contributed by atoms with van der Waals surface area (Å²) >= 11 is 0. The van der Waals surface area contributed by atoms with Crippen LogP contribution in [0.2, 0.25) is 0 Å². The van der Waals surface area contributed by atoms with E-state index in [1.165, 1.54) is 70.4 Å². The molecular weight excluding hydrogens is 223 g/mol. The molecular formula is C16H35P. The van der Waals surface area contributed by atoms with Gasteiger partial charge in [-0.2, -0.15) is 0 Å². The molecule has 0 amide bonds. The minimum absolute atomic E-state index is 0.569. The zero-order valence-electron chi connectivity index (χ0n) is 12.8. The summed E-state index contributed by atoms with van der Waals surface area (Å²) < 4.78 is 0. The third kappa shape index (κ3) is 16.4. The van der Waals surface area contributed by atoms with Crippen LogP contribution in [-0.2, 0) is 0 Å². The molecule has 0 nitrogen and oxygen atoms in total. The van der Waals surface area contributed by atoms with E-state index >= 15 is 0 Å². The smallest absolute Gasteiger partial charge is 0.0207 e. The van der Waals surface area contributed by atoms with E-state index in [4.69, 9.17) is 0 Å². The second-order valence-electron chi connectivity index (χ2n) is 6.36. The Morgan fingerprint density at radius 1 is 0.647 bits per heavy atom. The molecule has 0 radical (unpaired) electrons. The van der Waals surface area contributed by atoms with Gasteiger partial charge in [-0.05, 0) is 17.7 Å². The lowest BCUT2D eigenvalue weighted by molar-refractivity contribution is 0.562. The summed E-state index contributed by atoms with van der Waals surface area (Å²) in [5.74, 6) is 0. The van der Waals surface area contributed by atoms with Gasteiger partial charge in [0.25, 0.3) is 0 Å². The van der Waals surface area contributed by atoms with E-state index in [1.807, 2.05) is 0 Å². The molecule has 0 N–H and O–H groups in total. The zero-order valence-corrected chi connectivity index (χ0v) is 13.8. The van der Waals surface area contributed by atoms with E-state index in [9.17, 15) is 0 Å². The van der Waals surface area contributed by atoms with Crippen LogP contribution in [0.1, 0.15) is 91.9 Å². The minimum atomic E-state index is 0.569. The first-order valence-corrected chi connectivity index (χ1v) is 9.02. The Kier molecular flexibility index (Phi) is 11.8. The fraction of sp³-hybridized carbons (Fsp3) is 1.00. The van der Waals surface area contributed by atoms with Crippen LogP contribution in [0.3, 0.4) is 0 Å². The molecule has 0 aliphatic rings. The van der Waals surface area contributed by atoms with E-state index < -0.39 is 0 Å². The summed E-state index contributed by atoms with van der Waals surface area (Å²) in [6.07, 6.45) is 16.0. The molecule has 0 bridgehead atoms. The average Bonchev–Trinajstić information content (AvgIpc) is 2.24. The Hall–Kier alpha value is 0.430. The molecule has 1 heteroatoms. The maximum Gasteiger partial charge on any atom is -0.0207 e. The highest BCUT2D eigenvalue weighted by Gasteiger charge is 2.08. The maximum absolute atomic E-state index is 2.36. The molecule has 0 heterocycles. The fourth-order valence-electron chi connectivity index (χ4n) is 2.08. The van der Waals surface area contributed by atoms with Gasteiger partial charge in [-0.15, -0.1) is 8.58 Å². The summed E-state index contributed by atoms with van der Waals surface area (Å²) in [6, 6.07) is 0. The molecule has 1 unspecified atom stereocenters. The SMILES string of the molecule is CCCCCCCCCCCCPC(C)(C)C. The van der Waals surface area contributed by atoms with Crippen molar-refractivity contribution in [2.24, 2.45) is 0 Å². The second kappa shape index (κ2) is 11.5. The van der Waals surface area contributed by atoms with E-state index in [2.05, 4.69) is 27.7 Å². The highest BCUT2D eigenvalue weighted by atomic mass is 31.1. The largest absolute Gasteiger partial charge is 0.117 e. The molecule has 0 aliphatic carbocycles. The van der Waals surface area contributed by atoms with Crippen molar-refractivity contribution in [2.75, 3.05) is 6.16 Å². The highest BCUT2D eigenvalue weighted by Crippen LogP contribution is 2.31. The summed E-state index contributed by atoms with van der Waals surface area (Å²) in [5, 5.41) is 0.569. The van der Waals surface area contributed by atoms with Gasteiger partial charge >= 0.3 is 0 Å². The molecule has 0 aromatic rings. The summed E-state index contributed by atoms with van der Waals surface area (Å²) in [6.45, 7) is 9.38. The van der Waals surface area contributed by atoms with Crippen molar-refractivity contribution in [3.8, 4) is 0 Å². The Morgan fingerprint density at radius 3 is 1.47 bits per heavy atom. The van der Waals surface area contributed by atoms with E-state index in [-0.39, 0.29) is 0 Å². The van der Waals surface area contributed by atoms with Crippen molar-refractivity contribution in [2.45, 2.75) is 97.1 Å². The van der Waals surface area contributed by atoms with Crippen LogP contribution in [-0.4, -0.2) is 11.3 Å². The second-order valence-corrected chi connectivity index (χ2v) is 8.71. The number of unbranched alkanes of at least 4 members (excludes halogenated alkanes) is 9. The van der Waals surface area contributed by atoms with Gasteiger partial charge < -0.3 is 0 Å². The lowest BCUT2D eigenvalue weighted by atomic mass is 10.1. The van der Waals surface area contributed by atoms with Crippen LogP contribution in [0.5, 0.6) is 0 Å². The van der Waals surface area contributed by atoms with Gasteiger partial charge in [-0.1, -0.05) is 85.5 Å². The summed E-state index contributed by atoms with van der Waals surface area (Å²) in [7, 11) is 1.15. The van der Waals surface area contributed by atoms with Gasteiger partial charge in [-0.3, -0.25) is 0 Å². The van der Waals surface area contributed by atoms with Crippen molar-refractivity contribution in [3.05, 3.63) is 0 Å². The van der Waals surface area contributed by atoms with Crippen molar-refractivity contribution < 1.29 is 0 Å². The molecule has 0 fully saturated rings. The number of hydrogen-bond donors (Lipinski definition) is 0. The lowest BCUT2D eigenvalue weighted by Crippen LogP contribution is -2.05. The normalized spacial score (nSPS) is 12.7. The van der Waals surface area contributed by atoms with Crippen molar-refractivity contribution in [1.29, 1.82) is 0 Å². The molecule has 0 spiro atoms. The predicted octanol–water partition coefficient (Wildman–Crippen LogP) is 6.38. The zero-order chi connectivity index (χ0) is 13.0. The van der Waals surface area contributed by atoms with Gasteiger partial charge in [-0.25, -0.2) is 0 Å². The first-order valence-electron chi connectivity index (χ1n) is 7.81. The summed E-state index contributed by atoms with van der Waals surface area (Å²) in [5.41, 5.74) is 0. The summed E-state index contributed by atoms with van der Waals surface area (Å²) in [4.78, 5) is 0. The first kappa shape index (κ1) is 17.4. The van der Waals surface area contributed by atoms with Crippen LogP contribution in [0, 0.1) is 0 Å². The topological polar surface area (TPSA) is 0 Å². The molecule has 0 saturated carbocycles. The van der Waals surface area contributed by atoms with Gasteiger partial charge in [0.15, 0.2) is 0 Å². The Bertz CT molecular complexity index is 146. The Labute approximate surface area is 112 Å². The van der Waals surface area contributed by atoms with Crippen molar-refractivity contribution in [3.63, 3.8) is 0 Å². The monoisotopic (exact) mass is 258 g/mol. The molecule has 0 rings (SSSR count). The van der Waals surface area contributed by atoms with E-state index in [0.29, 0.717) is 5.16 Å². The van der Waals surface area contributed by atoms with Gasteiger partial charge in [0.05, 0.1) is 0 Å². The standard InChI is InChI=1S/C16H35P/c1-5-6-7-8-9-10-11-12-13-14-15-17-16(2,3)4/h17H,5-15H2,1-4H3. The molecule has 0 aliphatic heterocycles. The maximum atomic E-state index is 2.36. The highest BCUT2D eigenvalue weighted by molar-refractivity contribution is 7.39. The number of rotatable bonds is 11. The lowest BCUT2D eigenvalue weighted by Gasteiger charge is -2.17. The van der Waals surface area contributed by atoms with Crippen LogP contribution in [0.15, 0.2) is 0 Å². The predicted molar refractivity (Wildman–Crippen MR) is 84.8 cm³/mol. The van der Waals surface area contributed by atoms with Crippen molar-refractivity contribution >= 4 is 8.58 Å². The molecule has 0 saturated heterocycles. The quantitative estimate of drug-likeness (QED) is 0.298. The Morgan fingerprint density at radius 2 is 1.06 bits per heavy atom. The molecule has 104 valence electrons. The van der Waals surface area contributed by atoms with E-state index in [1.54, 1.807) is 0 Å². The third-order valence-corrected chi connectivity index (χ3v) is 4.85. The van der Waals surface area contributed by atoms with Crippen LogP contribution < -0.4 is 0 Å².